The molecule has 3 saturated carbocycles. The summed E-state index contributed by atoms with van der Waals surface area (Å²) in [5, 5.41) is 0. The summed E-state index contributed by atoms with van der Waals surface area (Å²) in [6.07, 6.45) is 23.6. The fraction of sp³-hybridized carbons (Fsp3) is 1.00. The molecular weight excluding hydrogens is 503 g/mol. The molecule has 0 spiro atoms. The number of rotatable bonds is 3. The second-order valence-corrected chi connectivity index (χ2v) is 18.5. The molecule has 3 rings (SSSR count). The van der Waals surface area contributed by atoms with E-state index in [4.69, 9.17) is 29.1 Å². The zero-order chi connectivity index (χ0) is 16.5. The Hall–Kier alpha value is 1.80. The van der Waals surface area contributed by atoms with Crippen LogP contribution in [0.4, 0.5) is 0 Å². The van der Waals surface area contributed by atoms with E-state index in [0.29, 0.717) is 7.92 Å². The summed E-state index contributed by atoms with van der Waals surface area (Å²) in [7, 11) is 15.2. The molecule has 0 aliphatic heterocycles. The molecule has 0 amide bonds. The first-order valence-corrected chi connectivity index (χ1v) is 17.9. The van der Waals surface area contributed by atoms with Gasteiger partial charge in [-0.3, -0.25) is 0 Å². The van der Waals surface area contributed by atoms with Crippen LogP contribution >= 0.6 is 37.0 Å². The van der Waals surface area contributed by atoms with Crippen LogP contribution < -0.4 is 0 Å². The fourth-order valence-electron chi connectivity index (χ4n) is 5.03. The van der Waals surface area contributed by atoms with E-state index in [0.717, 1.165) is 0 Å². The molecule has 8 heteroatoms. The molecule has 0 aromatic carbocycles. The van der Waals surface area contributed by atoms with E-state index in [2.05, 4.69) is 0 Å². The van der Waals surface area contributed by atoms with E-state index in [9.17, 15) is 0 Å². The summed E-state index contributed by atoms with van der Waals surface area (Å²) < 4.78 is 0. The second kappa shape index (κ2) is 17.6. The monoisotopic (exact) mass is 541 g/mol. The average Bonchev–Trinajstić information content (AvgIpc) is 2.58. The molecule has 6 N–H and O–H groups in total. The van der Waals surface area contributed by atoms with Crippen molar-refractivity contribution in [3.8, 4) is 0 Å². The van der Waals surface area contributed by atoms with E-state index in [1.807, 2.05) is 0 Å². The van der Waals surface area contributed by atoms with Crippen molar-refractivity contribution >= 4 is 37.0 Å². The van der Waals surface area contributed by atoms with E-state index in [1.54, 1.807) is 77.0 Å². The molecule has 0 radical (unpaired) electrons. The molecular formula is C18H39Cl3O3PRu. The molecule has 0 saturated heterocycles. The van der Waals surface area contributed by atoms with Crippen molar-refractivity contribution in [2.24, 2.45) is 0 Å². The average molecular weight is 542 g/mol. The van der Waals surface area contributed by atoms with Crippen LogP contribution in [0.1, 0.15) is 96.3 Å². The van der Waals surface area contributed by atoms with Crippen LogP contribution in [0.2, 0.25) is 0 Å². The van der Waals surface area contributed by atoms with Crippen molar-refractivity contribution in [2.75, 3.05) is 0 Å². The first kappa shape index (κ1) is 30.0. The molecule has 0 heterocycles. The molecule has 3 fully saturated rings. The van der Waals surface area contributed by atoms with Crippen molar-refractivity contribution in [2.45, 2.75) is 113 Å². The van der Waals surface area contributed by atoms with Crippen LogP contribution in [-0.2, 0) is 13.0 Å². The first-order valence-electron chi connectivity index (χ1n) is 9.62. The Labute approximate surface area is 179 Å². The summed E-state index contributed by atoms with van der Waals surface area (Å²) in [6, 6.07) is 0. The van der Waals surface area contributed by atoms with Crippen molar-refractivity contribution in [3.05, 3.63) is 0 Å². The van der Waals surface area contributed by atoms with Crippen molar-refractivity contribution in [3.63, 3.8) is 0 Å². The molecule has 0 unspecified atom stereocenters. The molecule has 3 nitrogen and oxygen atoms in total. The molecule has 26 heavy (non-hydrogen) atoms. The molecule has 3 aliphatic rings. The minimum absolute atomic E-state index is 0. The summed E-state index contributed by atoms with van der Waals surface area (Å²) in [5.41, 5.74) is 3.57. The van der Waals surface area contributed by atoms with Crippen LogP contribution in [0.5, 0.6) is 0 Å². The van der Waals surface area contributed by atoms with Crippen molar-refractivity contribution in [1.29, 1.82) is 0 Å². The molecule has 163 valence electrons. The summed E-state index contributed by atoms with van der Waals surface area (Å²) in [6.45, 7) is 0. The summed E-state index contributed by atoms with van der Waals surface area (Å²) in [4.78, 5) is 0. The Kier molecular flexibility index (Phi) is 20.4. The fourth-order valence-corrected chi connectivity index (χ4v) is 9.71. The van der Waals surface area contributed by atoms with Gasteiger partial charge in [0.1, 0.15) is 0 Å². The zero-order valence-corrected chi connectivity index (χ0v) is 20.7. The van der Waals surface area contributed by atoms with Crippen LogP contribution in [0.15, 0.2) is 0 Å². The first-order chi connectivity index (χ1) is 11.2. The SMILES string of the molecule is C1CCC(P(C2CCCCC2)C2CCCCC2)CC1.O.O.O.[Cl][Ru]([Cl])[Cl]. The number of hydrogen-bond acceptors (Lipinski definition) is 0. The van der Waals surface area contributed by atoms with Crippen molar-refractivity contribution < 1.29 is 29.4 Å². The van der Waals surface area contributed by atoms with Gasteiger partial charge in [-0.1, -0.05) is 65.7 Å². The third-order valence-corrected chi connectivity index (χ3v) is 10.1. The molecule has 0 atom stereocenters. The van der Waals surface area contributed by atoms with Crippen molar-refractivity contribution in [1.82, 2.24) is 0 Å². The van der Waals surface area contributed by atoms with E-state index in [-0.39, 0.29) is 16.4 Å². The summed E-state index contributed by atoms with van der Waals surface area (Å²) >= 11 is -1.75. The summed E-state index contributed by atoms with van der Waals surface area (Å²) in [5.74, 6) is 0. The van der Waals surface area contributed by atoms with E-state index < -0.39 is 13.0 Å². The third-order valence-electron chi connectivity index (χ3n) is 5.99. The van der Waals surface area contributed by atoms with E-state index in [1.165, 1.54) is 36.2 Å². The standard InChI is InChI=1S/C18H33P.3ClH.3H2O.Ru/c1-4-10-16(11-5-1)19(17-12-6-2-7-13-17)18-14-8-3-9-15-18;;;;;;;/h16-18H,1-15H2;3*1H;3*1H2;/q;;;;;;;+3/p-3. The Morgan fingerprint density at radius 1 is 0.462 bits per heavy atom. The predicted octanol–water partition coefficient (Wildman–Crippen LogP) is 6.06. The molecule has 0 aromatic rings. The quantitative estimate of drug-likeness (QED) is 0.307. The van der Waals surface area contributed by atoms with Crippen LogP contribution in [0.25, 0.3) is 0 Å². The number of halogens is 3. The normalized spacial score (nSPS) is 22.8. The van der Waals surface area contributed by atoms with Crippen LogP contribution in [-0.4, -0.2) is 33.4 Å². The maximum absolute atomic E-state index is 4.95. The van der Waals surface area contributed by atoms with Gasteiger partial charge in [-0.05, 0) is 55.5 Å². The van der Waals surface area contributed by atoms with Crippen LogP contribution in [0, 0.1) is 0 Å². The molecule has 0 aromatic heterocycles. The topological polar surface area (TPSA) is 94.5 Å². The Bertz CT molecular complexity index is 267. The van der Waals surface area contributed by atoms with Gasteiger partial charge in [0.15, 0.2) is 0 Å². The predicted molar refractivity (Wildman–Crippen MR) is 116 cm³/mol. The minimum atomic E-state index is -1.75. The zero-order valence-electron chi connectivity index (χ0n) is 15.8. The molecule has 3 aliphatic carbocycles. The van der Waals surface area contributed by atoms with Crippen LogP contribution in [0.3, 0.4) is 0 Å². The van der Waals surface area contributed by atoms with Gasteiger partial charge in [-0.15, -0.1) is 0 Å². The third kappa shape index (κ3) is 11.1. The Morgan fingerprint density at radius 2 is 0.654 bits per heavy atom. The van der Waals surface area contributed by atoms with Gasteiger partial charge < -0.3 is 16.4 Å². The Morgan fingerprint density at radius 3 is 0.846 bits per heavy atom. The van der Waals surface area contributed by atoms with Gasteiger partial charge in [-0.25, -0.2) is 0 Å². The van der Waals surface area contributed by atoms with Gasteiger partial charge in [-0.2, -0.15) is 0 Å². The van der Waals surface area contributed by atoms with E-state index >= 15 is 0 Å². The molecule has 0 bridgehead atoms. The van der Waals surface area contributed by atoms with Gasteiger partial charge in [0.25, 0.3) is 0 Å². The number of hydrogen-bond donors (Lipinski definition) is 0. The second-order valence-electron chi connectivity index (χ2n) is 7.47. The van der Waals surface area contributed by atoms with Gasteiger partial charge in [0, 0.05) is 0 Å². The van der Waals surface area contributed by atoms with Gasteiger partial charge in [0.2, 0.25) is 0 Å². The Balaban J connectivity index is 0. The van der Waals surface area contributed by atoms with Gasteiger partial charge in [0.05, 0.1) is 0 Å². The maximum atomic E-state index is 4.95. The van der Waals surface area contributed by atoms with Gasteiger partial charge >= 0.3 is 42.1 Å².